The summed E-state index contributed by atoms with van der Waals surface area (Å²) in [6.07, 6.45) is 0.742. The number of halogens is 2. The second kappa shape index (κ2) is 10.1. The van der Waals surface area contributed by atoms with Crippen molar-refractivity contribution in [3.8, 4) is 28.4 Å². The van der Waals surface area contributed by atoms with Gasteiger partial charge in [0.05, 0.1) is 25.3 Å². The van der Waals surface area contributed by atoms with Gasteiger partial charge in [0.2, 0.25) is 0 Å². The van der Waals surface area contributed by atoms with E-state index in [2.05, 4.69) is 4.90 Å². The largest absolute Gasteiger partial charge is 0.493 e. The smallest absolute Gasteiger partial charge is 0.344 e. The van der Waals surface area contributed by atoms with Gasteiger partial charge in [0, 0.05) is 28.5 Å². The van der Waals surface area contributed by atoms with Crippen LogP contribution in [0.25, 0.3) is 22.1 Å². The van der Waals surface area contributed by atoms with E-state index in [-0.39, 0.29) is 0 Å². The Bertz CT molecular complexity index is 1510. The van der Waals surface area contributed by atoms with Crippen LogP contribution in [0.2, 0.25) is 10.0 Å². The van der Waals surface area contributed by atoms with Crippen LogP contribution in [0.1, 0.15) is 16.7 Å². The molecule has 1 aromatic heterocycles. The van der Waals surface area contributed by atoms with Crippen LogP contribution in [0.15, 0.2) is 57.7 Å². The second-order valence-corrected chi connectivity index (χ2v) is 9.53. The molecule has 0 saturated carbocycles. The molecule has 0 amide bonds. The van der Waals surface area contributed by atoms with Gasteiger partial charge in [0.15, 0.2) is 11.5 Å². The van der Waals surface area contributed by atoms with E-state index < -0.39 is 5.63 Å². The van der Waals surface area contributed by atoms with Crippen molar-refractivity contribution < 1.29 is 18.6 Å². The molecule has 4 aromatic rings. The first kappa shape index (κ1) is 24.5. The summed E-state index contributed by atoms with van der Waals surface area (Å²) in [5.41, 5.74) is 4.05. The topological polar surface area (TPSA) is 61.1 Å². The first-order valence-corrected chi connectivity index (χ1v) is 12.3. The number of rotatable bonds is 6. The van der Waals surface area contributed by atoms with E-state index in [9.17, 15) is 4.79 Å². The molecular formula is C28H25Cl2NO5. The van der Waals surface area contributed by atoms with Gasteiger partial charge >= 0.3 is 5.63 Å². The molecular weight excluding hydrogens is 501 g/mol. The van der Waals surface area contributed by atoms with Gasteiger partial charge in [-0.1, -0.05) is 35.3 Å². The lowest BCUT2D eigenvalue weighted by Gasteiger charge is -2.29. The van der Waals surface area contributed by atoms with Crippen molar-refractivity contribution in [1.29, 1.82) is 0 Å². The normalized spacial score (nSPS) is 13.4. The highest BCUT2D eigenvalue weighted by atomic mass is 35.5. The maximum absolute atomic E-state index is 13.2. The molecule has 36 heavy (non-hydrogen) atoms. The summed E-state index contributed by atoms with van der Waals surface area (Å²) in [5, 5.41) is 2.13. The molecule has 0 N–H and O–H groups in total. The first-order chi connectivity index (χ1) is 17.4. The maximum Gasteiger partial charge on any atom is 0.344 e. The average Bonchev–Trinajstić information content (AvgIpc) is 2.88. The molecule has 0 unspecified atom stereocenters. The van der Waals surface area contributed by atoms with Crippen molar-refractivity contribution in [3.05, 3.63) is 85.7 Å². The summed E-state index contributed by atoms with van der Waals surface area (Å²) in [6.45, 7) is 3.69. The number of aryl methyl sites for hydroxylation is 1. The van der Waals surface area contributed by atoms with Gasteiger partial charge in [-0.25, -0.2) is 4.79 Å². The third-order valence-electron chi connectivity index (χ3n) is 6.56. The Morgan fingerprint density at radius 2 is 1.81 bits per heavy atom. The summed E-state index contributed by atoms with van der Waals surface area (Å²) in [6, 6.07) is 14.8. The molecule has 0 bridgehead atoms. The first-order valence-electron chi connectivity index (χ1n) is 11.5. The fourth-order valence-corrected chi connectivity index (χ4v) is 5.14. The molecule has 8 heteroatoms. The van der Waals surface area contributed by atoms with E-state index in [4.69, 9.17) is 41.8 Å². The minimum atomic E-state index is -0.411. The Balaban J connectivity index is 1.48. The molecule has 0 fully saturated rings. The van der Waals surface area contributed by atoms with Crippen LogP contribution >= 0.6 is 23.2 Å². The van der Waals surface area contributed by atoms with E-state index >= 15 is 0 Å². The summed E-state index contributed by atoms with van der Waals surface area (Å²) in [7, 11) is 3.14. The number of benzene rings is 3. The van der Waals surface area contributed by atoms with E-state index in [1.54, 1.807) is 32.4 Å². The highest BCUT2D eigenvalue weighted by Gasteiger charge is 2.24. The molecule has 0 radical (unpaired) electrons. The molecule has 1 aliphatic rings. The number of hydrogen-bond donors (Lipinski definition) is 0. The molecule has 2 heterocycles. The Hall–Kier alpha value is -3.19. The van der Waals surface area contributed by atoms with Crippen molar-refractivity contribution in [3.63, 3.8) is 0 Å². The van der Waals surface area contributed by atoms with Crippen LogP contribution in [0.4, 0.5) is 0 Å². The van der Waals surface area contributed by atoms with Crippen LogP contribution in [0.3, 0.4) is 0 Å². The molecule has 186 valence electrons. The van der Waals surface area contributed by atoms with Gasteiger partial charge in [-0.15, -0.1) is 0 Å². The van der Waals surface area contributed by atoms with Crippen LogP contribution in [-0.4, -0.2) is 32.4 Å². The minimum absolute atomic E-state index is 0.411. The van der Waals surface area contributed by atoms with Crippen LogP contribution in [-0.2, 0) is 13.0 Å². The lowest BCUT2D eigenvalue weighted by molar-refractivity contribution is 0.0968. The van der Waals surface area contributed by atoms with Crippen molar-refractivity contribution in [2.45, 2.75) is 19.9 Å². The van der Waals surface area contributed by atoms with Crippen LogP contribution in [0.5, 0.6) is 17.2 Å². The van der Waals surface area contributed by atoms with Crippen molar-refractivity contribution >= 4 is 34.2 Å². The standard InChI is InChI=1S/C28H25Cl2NO5/c1-16-20-7-9-23-21(14-31(15-35-23)11-10-17-4-6-19(29)13-22(17)30)27(20)36-28(32)26(16)18-5-8-24(33-2)25(12-18)34-3/h4-9,12-13H,10-11,14-15H2,1-3H3. The molecule has 5 rings (SSSR count). The molecule has 0 spiro atoms. The average molecular weight is 526 g/mol. The van der Waals surface area contributed by atoms with Gasteiger partial charge in [-0.05, 0) is 66.4 Å². The zero-order valence-electron chi connectivity index (χ0n) is 20.2. The maximum atomic E-state index is 13.2. The summed E-state index contributed by atoms with van der Waals surface area (Å²) in [5.74, 6) is 1.86. The van der Waals surface area contributed by atoms with Crippen LogP contribution < -0.4 is 19.8 Å². The van der Waals surface area contributed by atoms with Gasteiger partial charge in [0.1, 0.15) is 18.1 Å². The number of fused-ring (bicyclic) bond motifs is 3. The monoisotopic (exact) mass is 525 g/mol. The molecule has 0 aliphatic carbocycles. The Morgan fingerprint density at radius 1 is 1.00 bits per heavy atom. The molecule has 0 atom stereocenters. The molecule has 3 aromatic carbocycles. The highest BCUT2D eigenvalue weighted by molar-refractivity contribution is 6.35. The van der Waals surface area contributed by atoms with Gasteiger partial charge < -0.3 is 18.6 Å². The van der Waals surface area contributed by atoms with Crippen molar-refractivity contribution in [1.82, 2.24) is 4.90 Å². The van der Waals surface area contributed by atoms with Crippen molar-refractivity contribution in [2.24, 2.45) is 0 Å². The number of nitrogens with zero attached hydrogens (tertiary/aromatic N) is 1. The predicted molar refractivity (Wildman–Crippen MR) is 142 cm³/mol. The van der Waals surface area contributed by atoms with Crippen LogP contribution in [0, 0.1) is 6.92 Å². The van der Waals surface area contributed by atoms with Gasteiger partial charge in [0.25, 0.3) is 0 Å². The zero-order valence-corrected chi connectivity index (χ0v) is 21.7. The lowest BCUT2D eigenvalue weighted by Crippen LogP contribution is -2.33. The van der Waals surface area contributed by atoms with Crippen molar-refractivity contribution in [2.75, 3.05) is 27.5 Å². The predicted octanol–water partition coefficient (Wildman–Crippen LogP) is 6.49. The summed E-state index contributed by atoms with van der Waals surface area (Å²) >= 11 is 12.4. The van der Waals surface area contributed by atoms with Gasteiger partial charge in [-0.2, -0.15) is 0 Å². The lowest BCUT2D eigenvalue weighted by atomic mass is 9.97. The number of methoxy groups -OCH3 is 2. The SMILES string of the molecule is COc1ccc(-c2c(C)c3ccc4c(c3oc2=O)CN(CCc2ccc(Cl)cc2Cl)CO4)cc1OC. The van der Waals surface area contributed by atoms with E-state index in [0.717, 1.165) is 40.8 Å². The number of hydrogen-bond acceptors (Lipinski definition) is 6. The van der Waals surface area contributed by atoms with Gasteiger partial charge in [-0.3, -0.25) is 4.90 Å². The molecule has 0 saturated heterocycles. The molecule has 1 aliphatic heterocycles. The Labute approximate surface area is 218 Å². The minimum Gasteiger partial charge on any atom is -0.493 e. The fourth-order valence-electron chi connectivity index (χ4n) is 4.64. The third kappa shape index (κ3) is 4.52. The quantitative estimate of drug-likeness (QED) is 0.268. The second-order valence-electron chi connectivity index (χ2n) is 8.69. The van der Waals surface area contributed by atoms with E-state index in [1.165, 1.54) is 0 Å². The molecule has 6 nitrogen and oxygen atoms in total. The summed E-state index contributed by atoms with van der Waals surface area (Å²) in [4.78, 5) is 15.4. The fraction of sp³-hybridized carbons (Fsp3) is 0.250. The summed E-state index contributed by atoms with van der Waals surface area (Å²) < 4.78 is 22.7. The highest BCUT2D eigenvalue weighted by Crippen LogP contribution is 2.37. The third-order valence-corrected chi connectivity index (χ3v) is 7.15. The Morgan fingerprint density at radius 3 is 2.56 bits per heavy atom. The van der Waals surface area contributed by atoms with E-state index in [0.29, 0.717) is 51.5 Å². The number of ether oxygens (including phenoxy) is 3. The zero-order chi connectivity index (χ0) is 25.4. The van der Waals surface area contributed by atoms with E-state index in [1.807, 2.05) is 37.3 Å². The Kier molecular flexibility index (Phi) is 6.84.